The van der Waals surface area contributed by atoms with Gasteiger partial charge >= 0.3 is 0 Å². The highest BCUT2D eigenvalue weighted by molar-refractivity contribution is 5.98. The lowest BCUT2D eigenvalue weighted by Gasteiger charge is -2.60. The van der Waals surface area contributed by atoms with E-state index < -0.39 is 88.5 Å². The van der Waals surface area contributed by atoms with Crippen LogP contribution in [0.15, 0.2) is 24.3 Å². The molecule has 4 aliphatic rings. The number of aliphatic hydroxyl groups excluding tert-OH is 5. The summed E-state index contributed by atoms with van der Waals surface area (Å²) in [6.07, 6.45) is -2.83. The first kappa shape index (κ1) is 35.6. The topological polar surface area (TPSA) is 214 Å². The van der Waals surface area contributed by atoms with Crippen LogP contribution in [0.2, 0.25) is 0 Å². The fraction of sp³-hybridized carbons (Fsp3) is 0.657. The van der Waals surface area contributed by atoms with Crippen molar-refractivity contribution in [3.63, 3.8) is 0 Å². The number of benzene rings is 1. The molecule has 0 aromatic heterocycles. The quantitative estimate of drug-likeness (QED) is 0.191. The number of aliphatic hydroxyl groups is 7. The zero-order valence-electron chi connectivity index (χ0n) is 27.8. The summed E-state index contributed by atoms with van der Waals surface area (Å²) >= 11 is 0. The number of ketones is 2. The van der Waals surface area contributed by atoms with Crippen LogP contribution in [0.4, 0.5) is 0 Å². The molecule has 1 heterocycles. The van der Waals surface area contributed by atoms with Crippen molar-refractivity contribution in [2.75, 3.05) is 6.61 Å². The minimum absolute atomic E-state index is 0.0903. The van der Waals surface area contributed by atoms with Gasteiger partial charge in [-0.2, -0.15) is 0 Å². The van der Waals surface area contributed by atoms with Gasteiger partial charge in [0.25, 0.3) is 0 Å². The van der Waals surface area contributed by atoms with Gasteiger partial charge in [0.1, 0.15) is 35.8 Å². The average molecular weight is 661 g/mol. The van der Waals surface area contributed by atoms with Crippen LogP contribution in [-0.4, -0.2) is 107 Å². The second-order valence-electron chi connectivity index (χ2n) is 15.3. The lowest BCUT2D eigenvalue weighted by atomic mass is 9.42. The van der Waals surface area contributed by atoms with Crippen molar-refractivity contribution in [2.24, 2.45) is 22.7 Å². The van der Waals surface area contributed by atoms with E-state index in [0.717, 1.165) is 6.08 Å². The molecular formula is C35H48O12. The van der Waals surface area contributed by atoms with E-state index in [1.807, 2.05) is 19.9 Å². The largest absolute Gasteiger partial charge is 0.504 e. The Morgan fingerprint density at radius 1 is 1.06 bits per heavy atom. The third kappa shape index (κ3) is 5.19. The normalized spacial score (nSPS) is 41.3. The fourth-order valence-electron chi connectivity index (χ4n) is 9.01. The van der Waals surface area contributed by atoms with Gasteiger partial charge in [-0.1, -0.05) is 32.1 Å². The smallest absolute Gasteiger partial charge is 0.229 e. The van der Waals surface area contributed by atoms with Crippen LogP contribution in [-0.2, 0) is 19.7 Å². The van der Waals surface area contributed by atoms with Crippen molar-refractivity contribution in [1.29, 1.82) is 0 Å². The number of phenols is 1. The second-order valence-corrected chi connectivity index (χ2v) is 15.3. The molecule has 1 saturated heterocycles. The highest BCUT2D eigenvalue weighted by Gasteiger charge is 2.73. The summed E-state index contributed by atoms with van der Waals surface area (Å²) in [6, 6.07) is 1.49. The zero-order chi connectivity index (χ0) is 35.2. The molecule has 12 atom stereocenters. The Kier molecular flexibility index (Phi) is 8.68. The number of rotatable bonds is 7. The number of phenolic OH excluding ortho intramolecular Hbond substituents is 1. The molecule has 12 heteroatoms. The van der Waals surface area contributed by atoms with E-state index in [2.05, 4.69) is 0 Å². The van der Waals surface area contributed by atoms with E-state index in [0.29, 0.717) is 16.7 Å². The molecule has 0 radical (unpaired) electrons. The molecule has 0 bridgehead atoms. The van der Waals surface area contributed by atoms with Crippen molar-refractivity contribution >= 4 is 17.6 Å². The lowest BCUT2D eigenvalue weighted by molar-refractivity contribution is -0.277. The molecule has 12 nitrogen and oxygen atoms in total. The number of carbonyl (C=O) groups is 2. The Hall–Kier alpha value is -2.68. The highest BCUT2D eigenvalue weighted by Crippen LogP contribution is 2.71. The summed E-state index contributed by atoms with van der Waals surface area (Å²) in [7, 11) is 0. The zero-order valence-corrected chi connectivity index (χ0v) is 27.8. The molecule has 1 aromatic carbocycles. The maximum Gasteiger partial charge on any atom is 0.229 e. The van der Waals surface area contributed by atoms with Crippen molar-refractivity contribution in [2.45, 2.75) is 115 Å². The van der Waals surface area contributed by atoms with E-state index >= 15 is 0 Å². The van der Waals surface area contributed by atoms with Crippen LogP contribution in [0, 0.1) is 29.6 Å². The number of hydrogen-bond donors (Lipinski definition) is 8. The van der Waals surface area contributed by atoms with Gasteiger partial charge in [-0.15, -0.1) is 0 Å². The average Bonchev–Trinajstić information content (AvgIpc) is 3.19. The van der Waals surface area contributed by atoms with E-state index in [1.54, 1.807) is 19.9 Å². The van der Waals surface area contributed by atoms with Crippen LogP contribution >= 0.6 is 0 Å². The molecule has 260 valence electrons. The van der Waals surface area contributed by atoms with E-state index in [4.69, 9.17) is 9.47 Å². The minimum Gasteiger partial charge on any atom is -0.504 e. The van der Waals surface area contributed by atoms with Crippen LogP contribution < -0.4 is 4.74 Å². The first-order chi connectivity index (χ1) is 21.6. The fourth-order valence-corrected chi connectivity index (χ4v) is 9.01. The van der Waals surface area contributed by atoms with E-state index in [-0.39, 0.29) is 30.1 Å². The summed E-state index contributed by atoms with van der Waals surface area (Å²) in [6.45, 7) is 10.9. The molecule has 2 saturated carbocycles. The van der Waals surface area contributed by atoms with E-state index in [1.165, 1.54) is 32.9 Å². The van der Waals surface area contributed by atoms with Crippen molar-refractivity contribution in [1.82, 2.24) is 0 Å². The molecule has 0 spiro atoms. The van der Waals surface area contributed by atoms with Crippen molar-refractivity contribution < 1.29 is 59.9 Å². The molecule has 3 aliphatic carbocycles. The number of ether oxygens (including phenoxy) is 2. The van der Waals surface area contributed by atoms with Gasteiger partial charge in [0.2, 0.25) is 6.29 Å². The number of hydrogen-bond acceptors (Lipinski definition) is 12. The van der Waals surface area contributed by atoms with Crippen molar-refractivity contribution in [3.05, 3.63) is 41.0 Å². The third-order valence-electron chi connectivity index (χ3n) is 11.8. The van der Waals surface area contributed by atoms with Gasteiger partial charge in [-0.25, -0.2) is 0 Å². The third-order valence-corrected chi connectivity index (χ3v) is 11.8. The summed E-state index contributed by atoms with van der Waals surface area (Å²) in [5.74, 6) is -2.91. The van der Waals surface area contributed by atoms with Gasteiger partial charge < -0.3 is 50.3 Å². The molecule has 8 N–H and O–H groups in total. The molecule has 5 rings (SSSR count). The molecule has 1 aliphatic heterocycles. The van der Waals surface area contributed by atoms with Gasteiger partial charge in [0, 0.05) is 17.9 Å². The minimum atomic E-state index is -2.06. The Morgan fingerprint density at radius 3 is 2.30 bits per heavy atom. The SMILES string of the molecule is Cc1c(O)c(O[C@@H]2O[C@H](CO)[C@@H](O)[C@H](O)[C@H]2O)cc2c1C=C[C@@H]1[C@@]2(C)C(=O)C[C@]2(C)[C@@H]([C@@](C)(O)C(=O)/C=C/C(C)(C)O)C(O)C[C@@]12C. The number of Topliss-reactive ketones (excluding diaryl/α,β-unsaturated/α-hetero) is 1. The van der Waals surface area contributed by atoms with Crippen molar-refractivity contribution in [3.8, 4) is 11.5 Å². The highest BCUT2D eigenvalue weighted by atomic mass is 16.7. The monoisotopic (exact) mass is 660 g/mol. The molecule has 1 aromatic rings. The Balaban J connectivity index is 1.56. The molecule has 47 heavy (non-hydrogen) atoms. The molecule has 1 unspecified atom stereocenters. The maximum atomic E-state index is 14.5. The van der Waals surface area contributed by atoms with Crippen LogP contribution in [0.5, 0.6) is 11.5 Å². The Morgan fingerprint density at radius 2 is 1.70 bits per heavy atom. The van der Waals surface area contributed by atoms with Gasteiger partial charge in [-0.3, -0.25) is 9.59 Å². The predicted octanol–water partition coefficient (Wildman–Crippen LogP) is 0.793. The van der Waals surface area contributed by atoms with Crippen LogP contribution in [0.25, 0.3) is 6.08 Å². The summed E-state index contributed by atoms with van der Waals surface area (Å²) in [4.78, 5) is 27.9. The molecule has 0 amide bonds. The van der Waals surface area contributed by atoms with Gasteiger partial charge in [0.15, 0.2) is 17.3 Å². The standard InChI is InChI=1S/C35H48O12/c1-16-17-8-9-22-32(4)13-19(37)29(35(7,45)23(38)10-11-31(2,3)44)33(32,5)14-24(39)34(22,6)18(17)12-20(25(16)40)46-30-28(43)27(42)26(41)21(15-36)47-30/h8-12,19,21-22,26-30,36-37,40-45H,13-15H2,1-7H3/b11-10+/t19?,21-,22+,26-,27+,28-,29+,30-,32+,33-,34+,35+/m1/s1. The Labute approximate surface area is 274 Å². The molecular weight excluding hydrogens is 612 g/mol. The second kappa shape index (κ2) is 11.4. The van der Waals surface area contributed by atoms with Crippen LogP contribution in [0.3, 0.4) is 0 Å². The van der Waals surface area contributed by atoms with E-state index in [9.17, 15) is 50.4 Å². The number of fused-ring (bicyclic) bond motifs is 5. The molecule has 3 fully saturated rings. The van der Waals surface area contributed by atoms with Crippen LogP contribution in [0.1, 0.15) is 71.1 Å². The first-order valence-corrected chi connectivity index (χ1v) is 16.0. The number of carbonyl (C=O) groups excluding carboxylic acids is 2. The lowest BCUT2D eigenvalue weighted by Crippen LogP contribution is -2.62. The maximum absolute atomic E-state index is 14.5. The van der Waals surface area contributed by atoms with Gasteiger partial charge in [-0.05, 0) is 81.1 Å². The Bertz CT molecular complexity index is 1510. The summed E-state index contributed by atoms with van der Waals surface area (Å²) in [5, 5.41) is 85.2. The number of aromatic hydroxyl groups is 1. The summed E-state index contributed by atoms with van der Waals surface area (Å²) < 4.78 is 11.4. The predicted molar refractivity (Wildman–Crippen MR) is 168 cm³/mol. The number of allylic oxidation sites excluding steroid dienone is 1. The first-order valence-electron chi connectivity index (χ1n) is 16.0. The summed E-state index contributed by atoms with van der Waals surface area (Å²) in [5.41, 5.74) is -4.97. The van der Waals surface area contributed by atoms with Gasteiger partial charge in [0.05, 0.1) is 23.7 Å².